The number of ether oxygens (including phenoxy) is 1. The van der Waals surface area contributed by atoms with Crippen LogP contribution >= 0.6 is 0 Å². The van der Waals surface area contributed by atoms with Crippen LogP contribution in [0.25, 0.3) is 22.6 Å². The van der Waals surface area contributed by atoms with Crippen LogP contribution in [0.5, 0.6) is 6.08 Å². The molecule has 23 heavy (non-hydrogen) atoms. The highest BCUT2D eigenvalue weighted by Gasteiger charge is 2.20. The van der Waals surface area contributed by atoms with Crippen LogP contribution in [0.4, 0.5) is 4.79 Å². The van der Waals surface area contributed by atoms with Gasteiger partial charge in [-0.2, -0.15) is 4.98 Å². The summed E-state index contributed by atoms with van der Waals surface area (Å²) in [6.45, 7) is 0. The van der Waals surface area contributed by atoms with Gasteiger partial charge in [-0.05, 0) is 0 Å². The Balaban J connectivity index is 2.06. The molecule has 5 heteroatoms. The van der Waals surface area contributed by atoms with Gasteiger partial charge in [0.2, 0.25) is 0 Å². The van der Waals surface area contributed by atoms with Crippen LogP contribution in [0.1, 0.15) is 0 Å². The maximum absolute atomic E-state index is 11.7. The van der Waals surface area contributed by atoms with E-state index in [-0.39, 0.29) is 6.08 Å². The Kier molecular flexibility index (Phi) is 4.10. The molecule has 0 saturated carbocycles. The summed E-state index contributed by atoms with van der Waals surface area (Å²) in [5, 5.41) is 0. The van der Waals surface area contributed by atoms with Gasteiger partial charge in [0.1, 0.15) is 5.69 Å². The molecule has 0 bridgehead atoms. The van der Waals surface area contributed by atoms with Gasteiger partial charge >= 0.3 is 12.2 Å². The summed E-state index contributed by atoms with van der Waals surface area (Å²) in [6.07, 6.45) is -0.605. The molecule has 0 fully saturated rings. The molecule has 0 spiro atoms. The maximum Gasteiger partial charge on any atom is 0.418 e. The molecule has 0 aliphatic heterocycles. The van der Waals surface area contributed by atoms with Crippen molar-refractivity contribution >= 4 is 6.09 Å². The van der Waals surface area contributed by atoms with Gasteiger partial charge < -0.3 is 14.1 Å². The average molecular weight is 308 g/mol. The number of hydrogen-bond acceptors (Lipinski definition) is 4. The third kappa shape index (κ3) is 3.23. The smallest absolute Gasteiger partial charge is 0.408 e. The summed E-state index contributed by atoms with van der Waals surface area (Å²) >= 11 is 0. The van der Waals surface area contributed by atoms with Crippen molar-refractivity contribution in [2.45, 2.75) is 0 Å². The number of hydrogen-bond donors (Lipinski definition) is 0. The fourth-order valence-corrected chi connectivity index (χ4v) is 2.09. The van der Waals surface area contributed by atoms with E-state index in [0.29, 0.717) is 11.5 Å². The summed E-state index contributed by atoms with van der Waals surface area (Å²) in [5.74, 6) is 0.568. The number of amides is 1. The monoisotopic (exact) mass is 308 g/mol. The van der Waals surface area contributed by atoms with Crippen LogP contribution in [-0.2, 0) is 0 Å². The van der Waals surface area contributed by atoms with Gasteiger partial charge in [-0.1, -0.05) is 60.7 Å². The zero-order valence-electron chi connectivity index (χ0n) is 12.9. The Bertz CT molecular complexity index is 739. The van der Waals surface area contributed by atoms with Gasteiger partial charge in [0, 0.05) is 25.2 Å². The number of carbonyl (C=O) groups is 1. The molecule has 5 nitrogen and oxygen atoms in total. The molecule has 2 aromatic carbocycles. The van der Waals surface area contributed by atoms with E-state index in [9.17, 15) is 4.79 Å². The van der Waals surface area contributed by atoms with Crippen molar-refractivity contribution in [2.24, 2.45) is 0 Å². The molecule has 1 aromatic heterocycles. The molecular weight excluding hydrogens is 292 g/mol. The first kappa shape index (κ1) is 14.8. The fraction of sp³-hybridized carbons (Fsp3) is 0.111. The molecule has 0 atom stereocenters. The highest BCUT2D eigenvalue weighted by Crippen LogP contribution is 2.35. The SMILES string of the molecule is CN(C)C(=O)Oc1nc(-c2ccccc2)c(-c2ccccc2)o1. The van der Waals surface area contributed by atoms with Crippen molar-refractivity contribution < 1.29 is 13.9 Å². The van der Waals surface area contributed by atoms with Crippen molar-refractivity contribution in [1.82, 2.24) is 9.88 Å². The van der Waals surface area contributed by atoms with Crippen LogP contribution < -0.4 is 4.74 Å². The summed E-state index contributed by atoms with van der Waals surface area (Å²) in [6, 6.07) is 19.2. The van der Waals surface area contributed by atoms with Gasteiger partial charge in [-0.3, -0.25) is 0 Å². The van der Waals surface area contributed by atoms with E-state index in [1.54, 1.807) is 14.1 Å². The van der Waals surface area contributed by atoms with Crippen LogP contribution in [0.3, 0.4) is 0 Å². The van der Waals surface area contributed by atoms with E-state index in [1.165, 1.54) is 4.90 Å². The second-order valence-electron chi connectivity index (χ2n) is 5.15. The van der Waals surface area contributed by atoms with Gasteiger partial charge in [-0.25, -0.2) is 4.79 Å². The molecular formula is C18H16N2O3. The Morgan fingerprint density at radius 1 is 0.957 bits per heavy atom. The number of oxazole rings is 1. The minimum atomic E-state index is -0.537. The molecule has 1 amide bonds. The van der Waals surface area contributed by atoms with E-state index >= 15 is 0 Å². The number of carbonyl (C=O) groups excluding carboxylic acids is 1. The Morgan fingerprint density at radius 3 is 2.09 bits per heavy atom. The van der Waals surface area contributed by atoms with E-state index in [4.69, 9.17) is 9.15 Å². The summed E-state index contributed by atoms with van der Waals surface area (Å²) in [7, 11) is 3.20. The fourth-order valence-electron chi connectivity index (χ4n) is 2.09. The first-order valence-electron chi connectivity index (χ1n) is 7.16. The largest absolute Gasteiger partial charge is 0.418 e. The van der Waals surface area contributed by atoms with Crippen LogP contribution in [0.15, 0.2) is 65.1 Å². The molecule has 3 rings (SSSR count). The van der Waals surface area contributed by atoms with E-state index in [1.807, 2.05) is 60.7 Å². The quantitative estimate of drug-likeness (QED) is 0.732. The highest BCUT2D eigenvalue weighted by molar-refractivity contribution is 5.77. The van der Waals surface area contributed by atoms with Crippen molar-refractivity contribution in [3.05, 3.63) is 60.7 Å². The van der Waals surface area contributed by atoms with Crippen LogP contribution in [-0.4, -0.2) is 30.1 Å². The summed E-state index contributed by atoms with van der Waals surface area (Å²) in [4.78, 5) is 17.4. The molecule has 0 unspecified atom stereocenters. The molecule has 116 valence electrons. The van der Waals surface area contributed by atoms with Gasteiger partial charge in [0.05, 0.1) is 0 Å². The minimum Gasteiger partial charge on any atom is -0.408 e. The number of aromatic nitrogens is 1. The topological polar surface area (TPSA) is 55.6 Å². The first-order valence-corrected chi connectivity index (χ1v) is 7.16. The van der Waals surface area contributed by atoms with E-state index in [2.05, 4.69) is 4.98 Å². The first-order chi connectivity index (χ1) is 11.1. The van der Waals surface area contributed by atoms with Crippen LogP contribution in [0, 0.1) is 0 Å². The van der Waals surface area contributed by atoms with Crippen LogP contribution in [0.2, 0.25) is 0 Å². The molecule has 0 radical (unpaired) electrons. The third-order valence-electron chi connectivity index (χ3n) is 3.23. The lowest BCUT2D eigenvalue weighted by atomic mass is 10.1. The van der Waals surface area contributed by atoms with E-state index < -0.39 is 6.09 Å². The predicted molar refractivity (Wildman–Crippen MR) is 87.1 cm³/mol. The summed E-state index contributed by atoms with van der Waals surface area (Å²) in [5.41, 5.74) is 2.40. The second-order valence-corrected chi connectivity index (χ2v) is 5.15. The molecule has 1 heterocycles. The van der Waals surface area contributed by atoms with Crippen molar-refractivity contribution in [3.63, 3.8) is 0 Å². The average Bonchev–Trinajstić information content (AvgIpc) is 3.00. The number of nitrogens with zero attached hydrogens (tertiary/aromatic N) is 2. The zero-order valence-corrected chi connectivity index (χ0v) is 12.9. The number of benzene rings is 2. The molecule has 0 aliphatic carbocycles. The maximum atomic E-state index is 11.7. The normalized spacial score (nSPS) is 10.3. The molecule has 3 aromatic rings. The van der Waals surface area contributed by atoms with Gasteiger partial charge in [0.25, 0.3) is 0 Å². The Morgan fingerprint density at radius 2 is 1.52 bits per heavy atom. The Labute approximate surface area is 134 Å². The van der Waals surface area contributed by atoms with Crippen molar-refractivity contribution in [3.8, 4) is 28.7 Å². The molecule has 0 N–H and O–H groups in total. The lowest BCUT2D eigenvalue weighted by Crippen LogP contribution is -2.25. The second kappa shape index (κ2) is 6.36. The third-order valence-corrected chi connectivity index (χ3v) is 3.23. The zero-order chi connectivity index (χ0) is 16.2. The molecule has 0 saturated heterocycles. The standard InChI is InChI=1S/C18H16N2O3/c1-20(2)18(21)23-17-19-15(13-9-5-3-6-10-13)16(22-17)14-11-7-4-8-12-14/h3-12H,1-2H3. The van der Waals surface area contributed by atoms with Gasteiger partial charge in [0.15, 0.2) is 5.76 Å². The lowest BCUT2D eigenvalue weighted by Gasteiger charge is -2.06. The van der Waals surface area contributed by atoms with Crippen molar-refractivity contribution in [1.29, 1.82) is 0 Å². The lowest BCUT2D eigenvalue weighted by molar-refractivity contribution is 0.157. The Hall–Kier alpha value is -3.08. The highest BCUT2D eigenvalue weighted by atomic mass is 16.6. The number of rotatable bonds is 3. The minimum absolute atomic E-state index is 0.0681. The summed E-state index contributed by atoms with van der Waals surface area (Å²) < 4.78 is 10.8. The predicted octanol–water partition coefficient (Wildman–Crippen LogP) is 4.07. The van der Waals surface area contributed by atoms with E-state index in [0.717, 1.165) is 11.1 Å². The van der Waals surface area contributed by atoms with Gasteiger partial charge in [-0.15, -0.1) is 0 Å². The molecule has 0 aliphatic rings. The van der Waals surface area contributed by atoms with Crippen molar-refractivity contribution in [2.75, 3.05) is 14.1 Å².